The number of carbonyl (C=O) groups excluding carboxylic acids is 1. The van der Waals surface area contributed by atoms with Gasteiger partial charge in [-0.3, -0.25) is 9.59 Å². The largest absolute Gasteiger partial charge is 0.480 e. The number of carboxylic acid groups (broad SMARTS) is 1. The van der Waals surface area contributed by atoms with Gasteiger partial charge in [-0.15, -0.1) is 0 Å². The summed E-state index contributed by atoms with van der Waals surface area (Å²) in [7, 11) is -4.61. The van der Waals surface area contributed by atoms with Crippen LogP contribution in [0.4, 0.5) is 8.78 Å². The summed E-state index contributed by atoms with van der Waals surface area (Å²) in [6.45, 7) is 1.70. The van der Waals surface area contributed by atoms with Gasteiger partial charge in [-0.05, 0) is 19.1 Å². The summed E-state index contributed by atoms with van der Waals surface area (Å²) in [5.74, 6) is -4.86. The molecule has 1 rings (SSSR count). The third-order valence-corrected chi connectivity index (χ3v) is 4.99. The van der Waals surface area contributed by atoms with Crippen LogP contribution >= 0.6 is 0 Å². The summed E-state index contributed by atoms with van der Waals surface area (Å²) < 4.78 is 52.5. The zero-order valence-corrected chi connectivity index (χ0v) is 13.2. The molecule has 0 spiro atoms. The fraction of sp³-hybridized carbons (Fsp3) is 0.385. The molecule has 0 radical (unpaired) electrons. The summed E-state index contributed by atoms with van der Waals surface area (Å²) in [4.78, 5) is 21.0. The van der Waals surface area contributed by atoms with Crippen molar-refractivity contribution >= 4 is 21.9 Å². The van der Waals surface area contributed by atoms with Crippen molar-refractivity contribution in [3.8, 4) is 0 Å². The molecule has 0 saturated heterocycles. The molecular formula is C13H16F2N2O5S. The lowest BCUT2D eigenvalue weighted by molar-refractivity contribution is -0.140. The van der Waals surface area contributed by atoms with E-state index in [0.29, 0.717) is 4.31 Å². The summed E-state index contributed by atoms with van der Waals surface area (Å²) in [5, 5.41) is 11.3. The Labute approximate surface area is 132 Å². The molecule has 0 saturated carbocycles. The zero-order chi connectivity index (χ0) is 17.8. The normalized spacial score (nSPS) is 12.9. The minimum atomic E-state index is -4.61. The molecular weight excluding hydrogens is 334 g/mol. The fourth-order valence-corrected chi connectivity index (χ4v) is 3.46. The molecule has 10 heteroatoms. The van der Waals surface area contributed by atoms with Gasteiger partial charge in [-0.25, -0.2) is 17.2 Å². The number of carboxylic acids is 1. The Bertz CT molecular complexity index is 708. The fourth-order valence-electron chi connectivity index (χ4n) is 1.80. The predicted molar refractivity (Wildman–Crippen MR) is 76.0 cm³/mol. The summed E-state index contributed by atoms with van der Waals surface area (Å²) in [6, 6.07) is 1.06. The highest BCUT2D eigenvalue weighted by molar-refractivity contribution is 7.89. The quantitative estimate of drug-likeness (QED) is 0.748. The second-order valence-corrected chi connectivity index (χ2v) is 6.52. The standard InChI is InChI=1S/C13H16F2N2O5S/c1-8(13(19)20)17(7-6-16-9(2)18)23(21,22)11-5-3-4-10(14)12(11)15/h3-5,8H,6-7H2,1-2H3,(H,16,18)(H,19,20). The van der Waals surface area contributed by atoms with Crippen molar-refractivity contribution in [1.29, 1.82) is 0 Å². The smallest absolute Gasteiger partial charge is 0.321 e. The van der Waals surface area contributed by atoms with Gasteiger partial charge in [0.1, 0.15) is 10.9 Å². The minimum Gasteiger partial charge on any atom is -0.480 e. The van der Waals surface area contributed by atoms with Crippen LogP contribution in [0.25, 0.3) is 0 Å². The zero-order valence-electron chi connectivity index (χ0n) is 12.4. The lowest BCUT2D eigenvalue weighted by Gasteiger charge is -2.26. The molecule has 1 atom stereocenters. The average Bonchev–Trinajstić information content (AvgIpc) is 2.45. The van der Waals surface area contributed by atoms with E-state index in [9.17, 15) is 26.8 Å². The molecule has 1 amide bonds. The first-order valence-electron chi connectivity index (χ1n) is 6.52. The van der Waals surface area contributed by atoms with Gasteiger partial charge in [0.2, 0.25) is 15.9 Å². The molecule has 1 aromatic carbocycles. The third-order valence-electron chi connectivity index (χ3n) is 3.00. The molecule has 0 aliphatic rings. The van der Waals surface area contributed by atoms with E-state index in [1.807, 2.05) is 0 Å². The molecule has 128 valence electrons. The Morgan fingerprint density at radius 2 is 1.96 bits per heavy atom. The van der Waals surface area contributed by atoms with Gasteiger partial charge in [-0.2, -0.15) is 4.31 Å². The van der Waals surface area contributed by atoms with Crippen LogP contribution in [0.1, 0.15) is 13.8 Å². The molecule has 0 heterocycles. The molecule has 0 aromatic heterocycles. The molecule has 23 heavy (non-hydrogen) atoms. The maximum atomic E-state index is 13.8. The maximum Gasteiger partial charge on any atom is 0.321 e. The highest BCUT2D eigenvalue weighted by atomic mass is 32.2. The van der Waals surface area contributed by atoms with E-state index in [-0.39, 0.29) is 6.54 Å². The number of carbonyl (C=O) groups is 2. The molecule has 2 N–H and O–H groups in total. The molecule has 0 aliphatic carbocycles. The highest BCUT2D eigenvalue weighted by Gasteiger charge is 2.35. The van der Waals surface area contributed by atoms with Crippen molar-refractivity contribution in [1.82, 2.24) is 9.62 Å². The van der Waals surface area contributed by atoms with Crippen molar-refractivity contribution in [2.45, 2.75) is 24.8 Å². The molecule has 1 aromatic rings. The number of halogens is 2. The number of aliphatic carboxylic acids is 1. The number of nitrogens with zero attached hydrogens (tertiary/aromatic N) is 1. The van der Waals surface area contributed by atoms with Crippen LogP contribution < -0.4 is 5.32 Å². The summed E-state index contributed by atoms with van der Waals surface area (Å²) in [6.07, 6.45) is 0. The van der Waals surface area contributed by atoms with Gasteiger partial charge in [0.25, 0.3) is 0 Å². The van der Waals surface area contributed by atoms with E-state index in [2.05, 4.69) is 5.32 Å². The Balaban J connectivity index is 3.25. The van der Waals surface area contributed by atoms with Crippen molar-refractivity contribution in [3.05, 3.63) is 29.8 Å². The van der Waals surface area contributed by atoms with Gasteiger partial charge in [0.15, 0.2) is 11.6 Å². The molecule has 1 unspecified atom stereocenters. The van der Waals surface area contributed by atoms with Gasteiger partial charge in [0.05, 0.1) is 0 Å². The molecule has 0 bridgehead atoms. The van der Waals surface area contributed by atoms with Crippen LogP contribution in [-0.4, -0.2) is 48.8 Å². The Kier molecular flexibility index (Phi) is 6.16. The first-order valence-corrected chi connectivity index (χ1v) is 7.96. The molecule has 0 fully saturated rings. The lowest BCUT2D eigenvalue weighted by Crippen LogP contribution is -2.46. The van der Waals surface area contributed by atoms with E-state index in [4.69, 9.17) is 5.11 Å². The van der Waals surface area contributed by atoms with Gasteiger partial charge in [-0.1, -0.05) is 6.07 Å². The summed E-state index contributed by atoms with van der Waals surface area (Å²) in [5.41, 5.74) is 0. The van der Waals surface area contributed by atoms with Crippen LogP contribution in [0, 0.1) is 11.6 Å². The number of sulfonamides is 1. The molecule has 0 aliphatic heterocycles. The Morgan fingerprint density at radius 1 is 1.35 bits per heavy atom. The lowest BCUT2D eigenvalue weighted by atomic mass is 10.3. The highest BCUT2D eigenvalue weighted by Crippen LogP contribution is 2.22. The van der Waals surface area contributed by atoms with E-state index < -0.39 is 51.0 Å². The van der Waals surface area contributed by atoms with Crippen molar-refractivity contribution in [2.75, 3.05) is 13.1 Å². The summed E-state index contributed by atoms with van der Waals surface area (Å²) >= 11 is 0. The Hall–Kier alpha value is -2.07. The second kappa shape index (κ2) is 7.47. The van der Waals surface area contributed by atoms with E-state index >= 15 is 0 Å². The van der Waals surface area contributed by atoms with Crippen LogP contribution in [0.15, 0.2) is 23.1 Å². The Morgan fingerprint density at radius 3 is 2.48 bits per heavy atom. The van der Waals surface area contributed by atoms with Gasteiger partial charge < -0.3 is 10.4 Å². The number of amides is 1. The number of hydrogen-bond donors (Lipinski definition) is 2. The topological polar surface area (TPSA) is 104 Å². The van der Waals surface area contributed by atoms with Gasteiger partial charge in [0, 0.05) is 20.0 Å². The number of nitrogens with one attached hydrogen (secondary N) is 1. The van der Waals surface area contributed by atoms with Crippen LogP contribution in [0.5, 0.6) is 0 Å². The number of hydrogen-bond acceptors (Lipinski definition) is 4. The predicted octanol–water partition coefficient (Wildman–Crippen LogP) is 0.565. The monoisotopic (exact) mass is 350 g/mol. The molecule has 7 nitrogen and oxygen atoms in total. The first-order chi connectivity index (χ1) is 10.6. The maximum absolute atomic E-state index is 13.8. The van der Waals surface area contributed by atoms with E-state index in [0.717, 1.165) is 25.1 Å². The first kappa shape index (κ1) is 19.0. The number of benzene rings is 1. The van der Waals surface area contributed by atoms with Gasteiger partial charge >= 0.3 is 5.97 Å². The van der Waals surface area contributed by atoms with Crippen molar-refractivity contribution in [2.24, 2.45) is 0 Å². The number of rotatable bonds is 7. The SMILES string of the molecule is CC(=O)NCCN(C(C)C(=O)O)S(=O)(=O)c1cccc(F)c1F. The third kappa shape index (κ3) is 4.45. The van der Waals surface area contributed by atoms with Crippen LogP contribution in [0.3, 0.4) is 0 Å². The second-order valence-electron chi connectivity index (χ2n) is 4.66. The van der Waals surface area contributed by atoms with Crippen molar-refractivity contribution < 1.29 is 31.9 Å². The van der Waals surface area contributed by atoms with Crippen LogP contribution in [0.2, 0.25) is 0 Å². The van der Waals surface area contributed by atoms with E-state index in [1.54, 1.807) is 0 Å². The van der Waals surface area contributed by atoms with E-state index in [1.165, 1.54) is 6.92 Å². The average molecular weight is 350 g/mol. The van der Waals surface area contributed by atoms with Crippen molar-refractivity contribution in [3.63, 3.8) is 0 Å². The minimum absolute atomic E-state index is 0.177. The van der Waals surface area contributed by atoms with Crippen LogP contribution in [-0.2, 0) is 19.6 Å².